The van der Waals surface area contributed by atoms with E-state index in [1.165, 1.54) is 38.5 Å². The van der Waals surface area contributed by atoms with Gasteiger partial charge in [-0.25, -0.2) is 13.2 Å². The third-order valence-corrected chi connectivity index (χ3v) is 7.36. The Morgan fingerprint density at radius 3 is 2.52 bits per heavy atom. The molecule has 2 unspecified atom stereocenters. The molecule has 2 aromatic carbocycles. The summed E-state index contributed by atoms with van der Waals surface area (Å²) in [5.74, 6) is -0.250. The lowest BCUT2D eigenvalue weighted by Gasteiger charge is -2.42. The molecule has 154 valence electrons. The number of unbranched alkanes of at least 4 members (excludes halogenated alkanes) is 1. The van der Waals surface area contributed by atoms with Gasteiger partial charge in [-0.2, -0.15) is 5.26 Å². The molecular formula is C25H28F3N. The van der Waals surface area contributed by atoms with Crippen LogP contribution in [0, 0.1) is 46.5 Å². The summed E-state index contributed by atoms with van der Waals surface area (Å²) in [6, 6.07) is 5.45. The van der Waals surface area contributed by atoms with Crippen LogP contribution in [-0.4, -0.2) is 0 Å². The Balaban J connectivity index is 1.61. The molecule has 4 heteroatoms. The van der Waals surface area contributed by atoms with E-state index in [1.54, 1.807) is 6.07 Å². The van der Waals surface area contributed by atoms with Crippen molar-refractivity contribution in [2.24, 2.45) is 17.8 Å². The first-order valence-corrected chi connectivity index (χ1v) is 11.0. The zero-order chi connectivity index (χ0) is 20.5. The molecule has 0 aromatic heterocycles. The molecular weight excluding hydrogens is 371 g/mol. The molecule has 0 amide bonds. The van der Waals surface area contributed by atoms with Crippen LogP contribution in [0.2, 0.25) is 0 Å². The maximum absolute atomic E-state index is 15.0. The number of rotatable bonds is 4. The molecule has 1 nitrogen and oxygen atoms in total. The van der Waals surface area contributed by atoms with Crippen molar-refractivity contribution in [3.8, 4) is 6.07 Å². The third-order valence-electron chi connectivity index (χ3n) is 7.36. The zero-order valence-corrected chi connectivity index (χ0v) is 17.0. The standard InChI is InChI=1S/C25H28F3N/c1-2-3-4-15-5-6-17-10-18(8-7-16(17)9-15)21-12-19-11-20(26)13-23(27)24(19)25(28)22(21)14-29/h11-13,15-18H,2-10H2,1H3/t15-,16?,17-,18?/m1/s1. The van der Waals surface area contributed by atoms with Gasteiger partial charge in [0.1, 0.15) is 17.7 Å². The Morgan fingerprint density at radius 2 is 1.76 bits per heavy atom. The molecule has 0 saturated heterocycles. The van der Waals surface area contributed by atoms with Gasteiger partial charge in [0.15, 0.2) is 5.82 Å². The van der Waals surface area contributed by atoms with Gasteiger partial charge in [-0.1, -0.05) is 32.6 Å². The van der Waals surface area contributed by atoms with Gasteiger partial charge in [0.2, 0.25) is 0 Å². The van der Waals surface area contributed by atoms with Crippen LogP contribution in [0.3, 0.4) is 0 Å². The normalized spacial score (nSPS) is 26.9. The minimum Gasteiger partial charge on any atom is -0.207 e. The van der Waals surface area contributed by atoms with E-state index in [1.807, 2.05) is 6.07 Å². The van der Waals surface area contributed by atoms with Crippen molar-refractivity contribution in [3.63, 3.8) is 0 Å². The van der Waals surface area contributed by atoms with E-state index >= 15 is 0 Å². The quantitative estimate of drug-likeness (QED) is 0.519. The molecule has 0 radical (unpaired) electrons. The highest BCUT2D eigenvalue weighted by Gasteiger charge is 2.37. The number of hydrogen-bond acceptors (Lipinski definition) is 1. The van der Waals surface area contributed by atoms with Gasteiger partial charge >= 0.3 is 0 Å². The molecule has 0 aliphatic heterocycles. The summed E-state index contributed by atoms with van der Waals surface area (Å²) in [5.41, 5.74) is 0.567. The highest BCUT2D eigenvalue weighted by atomic mass is 19.1. The number of nitrogens with zero attached hydrogens (tertiary/aromatic N) is 1. The van der Waals surface area contributed by atoms with Gasteiger partial charge in [0.25, 0.3) is 0 Å². The van der Waals surface area contributed by atoms with E-state index in [0.29, 0.717) is 17.5 Å². The molecule has 0 heterocycles. The first-order valence-electron chi connectivity index (χ1n) is 11.0. The van der Waals surface area contributed by atoms with E-state index < -0.39 is 17.5 Å². The fraction of sp³-hybridized carbons (Fsp3) is 0.560. The molecule has 2 aliphatic carbocycles. The predicted molar refractivity (Wildman–Crippen MR) is 109 cm³/mol. The van der Waals surface area contributed by atoms with Gasteiger partial charge in [-0.05, 0) is 78.9 Å². The van der Waals surface area contributed by atoms with E-state index in [2.05, 4.69) is 6.92 Å². The SMILES string of the molecule is CCCC[C@@H]1CC[C@@H]2CC(c3cc4cc(F)cc(F)c4c(F)c3C#N)CCC2C1. The molecule has 2 saturated carbocycles. The first-order chi connectivity index (χ1) is 14.0. The molecule has 0 bridgehead atoms. The lowest BCUT2D eigenvalue weighted by atomic mass is 9.63. The molecule has 0 N–H and O–H groups in total. The zero-order valence-electron chi connectivity index (χ0n) is 17.0. The first kappa shape index (κ1) is 20.3. The van der Waals surface area contributed by atoms with Crippen molar-refractivity contribution in [1.29, 1.82) is 5.26 Å². The Kier molecular flexibility index (Phi) is 5.86. The van der Waals surface area contributed by atoms with Crippen molar-refractivity contribution in [3.05, 3.63) is 46.8 Å². The van der Waals surface area contributed by atoms with E-state index in [4.69, 9.17) is 0 Å². The largest absolute Gasteiger partial charge is 0.207 e. The second-order valence-electron chi connectivity index (χ2n) is 9.10. The predicted octanol–water partition coefficient (Wildman–Crippen LogP) is 7.62. The van der Waals surface area contributed by atoms with Crippen LogP contribution in [0.25, 0.3) is 10.8 Å². The lowest BCUT2D eigenvalue weighted by Crippen LogP contribution is -2.30. The summed E-state index contributed by atoms with van der Waals surface area (Å²) < 4.78 is 42.9. The average Bonchev–Trinajstić information content (AvgIpc) is 2.71. The molecule has 2 fully saturated rings. The summed E-state index contributed by atoms with van der Waals surface area (Å²) in [5, 5.41) is 9.52. The van der Waals surface area contributed by atoms with Crippen LogP contribution < -0.4 is 0 Å². The topological polar surface area (TPSA) is 23.8 Å². The van der Waals surface area contributed by atoms with Gasteiger partial charge in [0, 0.05) is 6.07 Å². The van der Waals surface area contributed by atoms with Crippen molar-refractivity contribution in [2.45, 2.75) is 70.6 Å². The maximum atomic E-state index is 15.0. The van der Waals surface area contributed by atoms with Crippen LogP contribution in [0.4, 0.5) is 13.2 Å². The number of benzene rings is 2. The maximum Gasteiger partial charge on any atom is 0.152 e. The van der Waals surface area contributed by atoms with Crippen LogP contribution in [-0.2, 0) is 0 Å². The van der Waals surface area contributed by atoms with E-state index in [-0.39, 0.29) is 22.3 Å². The molecule has 29 heavy (non-hydrogen) atoms. The van der Waals surface area contributed by atoms with Gasteiger partial charge < -0.3 is 0 Å². The summed E-state index contributed by atoms with van der Waals surface area (Å²) in [6.07, 6.45) is 10.6. The third kappa shape index (κ3) is 3.89. The van der Waals surface area contributed by atoms with E-state index in [0.717, 1.165) is 37.2 Å². The fourth-order valence-corrected chi connectivity index (χ4v) is 5.89. The van der Waals surface area contributed by atoms with Crippen LogP contribution >= 0.6 is 0 Å². The van der Waals surface area contributed by atoms with Crippen molar-refractivity contribution in [1.82, 2.24) is 0 Å². The minimum absolute atomic E-state index is 0.0666. The average molecular weight is 400 g/mol. The number of fused-ring (bicyclic) bond motifs is 2. The molecule has 2 aromatic rings. The molecule has 4 atom stereocenters. The smallest absolute Gasteiger partial charge is 0.152 e. The van der Waals surface area contributed by atoms with Gasteiger partial charge in [-0.3, -0.25) is 0 Å². The highest BCUT2D eigenvalue weighted by Crippen LogP contribution is 2.49. The number of nitriles is 1. The molecule has 0 spiro atoms. The van der Waals surface area contributed by atoms with Crippen molar-refractivity contribution in [2.75, 3.05) is 0 Å². The molecule has 2 aliphatic rings. The lowest BCUT2D eigenvalue weighted by molar-refractivity contribution is 0.113. The van der Waals surface area contributed by atoms with E-state index in [9.17, 15) is 18.4 Å². The van der Waals surface area contributed by atoms with Crippen LogP contribution in [0.15, 0.2) is 18.2 Å². The van der Waals surface area contributed by atoms with Gasteiger partial charge in [-0.15, -0.1) is 0 Å². The Bertz CT molecular complexity index is 945. The summed E-state index contributed by atoms with van der Waals surface area (Å²) in [6.45, 7) is 2.24. The second-order valence-corrected chi connectivity index (χ2v) is 9.10. The van der Waals surface area contributed by atoms with Crippen LogP contribution in [0.5, 0.6) is 0 Å². The summed E-state index contributed by atoms with van der Waals surface area (Å²) >= 11 is 0. The number of halogens is 3. The van der Waals surface area contributed by atoms with Crippen molar-refractivity contribution >= 4 is 10.8 Å². The Morgan fingerprint density at radius 1 is 1.00 bits per heavy atom. The number of hydrogen-bond donors (Lipinski definition) is 0. The summed E-state index contributed by atoms with van der Waals surface area (Å²) in [7, 11) is 0. The fourth-order valence-electron chi connectivity index (χ4n) is 5.89. The monoisotopic (exact) mass is 399 g/mol. The van der Waals surface area contributed by atoms with Gasteiger partial charge in [0.05, 0.1) is 10.9 Å². The Hall–Kier alpha value is -2.02. The molecule has 4 rings (SSSR count). The van der Waals surface area contributed by atoms with Crippen LogP contribution in [0.1, 0.15) is 81.8 Å². The highest BCUT2D eigenvalue weighted by molar-refractivity contribution is 5.86. The van der Waals surface area contributed by atoms with Crippen molar-refractivity contribution < 1.29 is 13.2 Å². The minimum atomic E-state index is -0.949. The summed E-state index contributed by atoms with van der Waals surface area (Å²) in [4.78, 5) is 0. The Labute approximate surface area is 170 Å². The second kappa shape index (κ2) is 8.38.